The summed E-state index contributed by atoms with van der Waals surface area (Å²) in [5, 5.41) is 29.0. The van der Waals surface area contributed by atoms with Gasteiger partial charge in [-0.2, -0.15) is 0 Å². The molecule has 142 valence electrons. The Labute approximate surface area is 147 Å². The van der Waals surface area contributed by atoms with Gasteiger partial charge < -0.3 is 15.3 Å². The van der Waals surface area contributed by atoms with Crippen LogP contribution in [0.1, 0.15) is 96.8 Å². The fraction of sp³-hybridized carbons (Fsp3) is 0.950. The van der Waals surface area contributed by atoms with Crippen LogP contribution in [0, 0.1) is 11.8 Å². The Kier molecular flexibility index (Phi) is 11.4. The average Bonchev–Trinajstić information content (AvgIpc) is 2.89. The largest absolute Gasteiger partial charge is 0.481 e. The van der Waals surface area contributed by atoms with E-state index < -0.39 is 5.97 Å². The molecular weight excluding hydrogens is 304 g/mol. The summed E-state index contributed by atoms with van der Waals surface area (Å²) in [5.74, 6) is 0.228. The van der Waals surface area contributed by atoms with E-state index in [-0.39, 0.29) is 18.6 Å². The molecule has 0 spiro atoms. The molecule has 0 aromatic heterocycles. The minimum Gasteiger partial charge on any atom is -0.481 e. The maximum Gasteiger partial charge on any atom is 0.303 e. The maximum absolute atomic E-state index is 10.5. The Balaban J connectivity index is 2.18. The quantitative estimate of drug-likeness (QED) is 0.406. The van der Waals surface area contributed by atoms with Gasteiger partial charge in [0.25, 0.3) is 0 Å². The first-order chi connectivity index (χ1) is 11.5. The van der Waals surface area contributed by atoms with E-state index >= 15 is 0 Å². The molecule has 0 heterocycles. The van der Waals surface area contributed by atoms with Crippen LogP contribution in [-0.4, -0.2) is 33.5 Å². The molecule has 4 heteroatoms. The lowest BCUT2D eigenvalue weighted by molar-refractivity contribution is -0.137. The molecule has 0 amide bonds. The number of aliphatic hydroxyl groups is 2. The van der Waals surface area contributed by atoms with Crippen LogP contribution in [0.4, 0.5) is 0 Å². The van der Waals surface area contributed by atoms with Gasteiger partial charge in [0.2, 0.25) is 0 Å². The molecule has 4 atom stereocenters. The number of carboxylic acids is 1. The van der Waals surface area contributed by atoms with Crippen LogP contribution in [0.3, 0.4) is 0 Å². The van der Waals surface area contributed by atoms with E-state index in [4.69, 9.17) is 5.11 Å². The highest BCUT2D eigenvalue weighted by Gasteiger charge is 2.34. The first-order valence-corrected chi connectivity index (χ1v) is 10.1. The van der Waals surface area contributed by atoms with Crippen molar-refractivity contribution in [2.24, 2.45) is 11.8 Å². The van der Waals surface area contributed by atoms with Crippen molar-refractivity contribution < 1.29 is 20.1 Å². The monoisotopic (exact) mass is 342 g/mol. The third kappa shape index (κ3) is 9.03. The van der Waals surface area contributed by atoms with Crippen molar-refractivity contribution in [1.29, 1.82) is 0 Å². The molecule has 0 aliphatic heterocycles. The summed E-state index contributed by atoms with van der Waals surface area (Å²) in [5.41, 5.74) is 0. The Hall–Kier alpha value is -0.610. The number of aliphatic carboxylic acids is 1. The second-order valence-corrected chi connectivity index (χ2v) is 7.64. The molecule has 1 aliphatic carbocycles. The fourth-order valence-electron chi connectivity index (χ4n) is 4.10. The second kappa shape index (κ2) is 12.7. The summed E-state index contributed by atoms with van der Waals surface area (Å²) in [6.45, 7) is 2.18. The van der Waals surface area contributed by atoms with E-state index in [9.17, 15) is 15.0 Å². The Morgan fingerprint density at radius 1 is 1.00 bits per heavy atom. The topological polar surface area (TPSA) is 77.8 Å². The fourth-order valence-corrected chi connectivity index (χ4v) is 4.10. The van der Waals surface area contributed by atoms with Crippen molar-refractivity contribution in [3.63, 3.8) is 0 Å². The molecule has 3 N–H and O–H groups in total. The van der Waals surface area contributed by atoms with Gasteiger partial charge in [0.15, 0.2) is 0 Å². The molecule has 1 unspecified atom stereocenters. The molecule has 1 fully saturated rings. The van der Waals surface area contributed by atoms with E-state index in [0.29, 0.717) is 11.8 Å². The van der Waals surface area contributed by atoms with Gasteiger partial charge in [-0.05, 0) is 56.8 Å². The lowest BCUT2D eigenvalue weighted by Crippen LogP contribution is -2.20. The number of carboxylic acid groups (broad SMARTS) is 1. The zero-order valence-electron chi connectivity index (χ0n) is 15.5. The Morgan fingerprint density at radius 2 is 1.75 bits per heavy atom. The Morgan fingerprint density at radius 3 is 2.46 bits per heavy atom. The zero-order chi connectivity index (χ0) is 17.8. The van der Waals surface area contributed by atoms with Crippen molar-refractivity contribution in [2.75, 3.05) is 0 Å². The zero-order valence-corrected chi connectivity index (χ0v) is 15.5. The summed E-state index contributed by atoms with van der Waals surface area (Å²) >= 11 is 0. The standard InChI is InChI=1S/C20H38O4/c1-2-3-6-9-17(21)14-12-16-13-15-19(22)18(16)10-7-4-5-8-11-20(23)24/h16-19,21-22H,2-15H2,1H3,(H,23,24)/t16-,17?,18+,19-/m0/s1. The smallest absolute Gasteiger partial charge is 0.303 e. The van der Waals surface area contributed by atoms with Crippen LogP contribution in [0.25, 0.3) is 0 Å². The van der Waals surface area contributed by atoms with Crippen molar-refractivity contribution in [2.45, 2.75) is 109 Å². The highest BCUT2D eigenvalue weighted by Crippen LogP contribution is 2.39. The van der Waals surface area contributed by atoms with Gasteiger partial charge in [-0.15, -0.1) is 0 Å². The third-order valence-electron chi connectivity index (χ3n) is 5.62. The summed E-state index contributed by atoms with van der Waals surface area (Å²) in [6.07, 6.45) is 13.2. The Bertz CT molecular complexity index is 332. The van der Waals surface area contributed by atoms with Crippen molar-refractivity contribution in [3.8, 4) is 0 Å². The van der Waals surface area contributed by atoms with Gasteiger partial charge in [0.05, 0.1) is 12.2 Å². The van der Waals surface area contributed by atoms with Gasteiger partial charge in [-0.25, -0.2) is 0 Å². The molecule has 0 aromatic carbocycles. The van der Waals surface area contributed by atoms with E-state index in [0.717, 1.165) is 70.6 Å². The van der Waals surface area contributed by atoms with Crippen LogP contribution in [0.5, 0.6) is 0 Å². The SMILES string of the molecule is CCCCCC(O)CC[C@H]1CC[C@H](O)[C@@H]1CCCCCCC(=O)O. The van der Waals surface area contributed by atoms with Crippen LogP contribution < -0.4 is 0 Å². The molecule has 4 nitrogen and oxygen atoms in total. The number of unbranched alkanes of at least 4 members (excludes halogenated alkanes) is 5. The molecule has 1 aliphatic rings. The molecule has 1 rings (SSSR count). The van der Waals surface area contributed by atoms with Gasteiger partial charge in [0, 0.05) is 6.42 Å². The lowest BCUT2D eigenvalue weighted by Gasteiger charge is -2.23. The summed E-state index contributed by atoms with van der Waals surface area (Å²) in [6, 6.07) is 0. The number of hydrogen-bond acceptors (Lipinski definition) is 3. The van der Waals surface area contributed by atoms with Gasteiger partial charge in [-0.1, -0.05) is 45.4 Å². The molecule has 0 bridgehead atoms. The summed E-state index contributed by atoms with van der Waals surface area (Å²) in [7, 11) is 0. The van der Waals surface area contributed by atoms with Crippen LogP contribution in [-0.2, 0) is 4.79 Å². The van der Waals surface area contributed by atoms with Crippen LogP contribution in [0.15, 0.2) is 0 Å². The molecule has 0 saturated heterocycles. The molecule has 24 heavy (non-hydrogen) atoms. The van der Waals surface area contributed by atoms with E-state index in [1.54, 1.807) is 0 Å². The summed E-state index contributed by atoms with van der Waals surface area (Å²) in [4.78, 5) is 10.5. The first kappa shape index (κ1) is 21.4. The lowest BCUT2D eigenvalue weighted by atomic mass is 9.85. The van der Waals surface area contributed by atoms with Gasteiger partial charge in [0.1, 0.15) is 0 Å². The third-order valence-corrected chi connectivity index (χ3v) is 5.62. The number of aliphatic hydroxyl groups excluding tert-OH is 2. The van der Waals surface area contributed by atoms with Gasteiger partial charge >= 0.3 is 5.97 Å². The second-order valence-electron chi connectivity index (χ2n) is 7.64. The van der Waals surface area contributed by atoms with E-state index in [1.807, 2.05) is 0 Å². The van der Waals surface area contributed by atoms with E-state index in [1.165, 1.54) is 12.8 Å². The highest BCUT2D eigenvalue weighted by molar-refractivity contribution is 5.66. The molecule has 0 radical (unpaired) electrons. The van der Waals surface area contributed by atoms with E-state index in [2.05, 4.69) is 6.92 Å². The summed E-state index contributed by atoms with van der Waals surface area (Å²) < 4.78 is 0. The van der Waals surface area contributed by atoms with Crippen LogP contribution in [0.2, 0.25) is 0 Å². The molecule has 1 saturated carbocycles. The predicted molar refractivity (Wildman–Crippen MR) is 96.9 cm³/mol. The number of rotatable bonds is 14. The van der Waals surface area contributed by atoms with Gasteiger partial charge in [-0.3, -0.25) is 4.79 Å². The first-order valence-electron chi connectivity index (χ1n) is 10.1. The van der Waals surface area contributed by atoms with Crippen molar-refractivity contribution in [3.05, 3.63) is 0 Å². The van der Waals surface area contributed by atoms with Crippen LogP contribution >= 0.6 is 0 Å². The molecule has 0 aromatic rings. The normalized spacial score (nSPS) is 25.0. The number of hydrogen-bond donors (Lipinski definition) is 3. The highest BCUT2D eigenvalue weighted by atomic mass is 16.4. The van der Waals surface area contributed by atoms with Crippen molar-refractivity contribution >= 4 is 5.97 Å². The average molecular weight is 343 g/mol. The minimum absolute atomic E-state index is 0.175. The van der Waals surface area contributed by atoms with Crippen molar-refractivity contribution in [1.82, 2.24) is 0 Å². The number of carbonyl (C=O) groups is 1. The maximum atomic E-state index is 10.5. The predicted octanol–water partition coefficient (Wildman–Crippen LogP) is 4.52. The molecular formula is C20H38O4. The minimum atomic E-state index is -0.709.